The molecule has 0 aliphatic heterocycles. The molecule has 0 atom stereocenters. The lowest BCUT2D eigenvalue weighted by atomic mass is 9.81. The zero-order valence-corrected chi connectivity index (χ0v) is 11.4. The Labute approximate surface area is 105 Å². The van der Waals surface area contributed by atoms with Gasteiger partial charge >= 0.3 is 0 Å². The largest absolute Gasteiger partial charge is 0.355 e. The van der Waals surface area contributed by atoms with Crippen LogP contribution in [0.5, 0.6) is 0 Å². The molecule has 0 saturated heterocycles. The Hall–Kier alpha value is -0.610. The van der Waals surface area contributed by atoms with Gasteiger partial charge in [-0.2, -0.15) is 0 Å². The molecular weight excluding hydrogens is 214 g/mol. The molecule has 4 heteroatoms. The molecule has 0 bridgehead atoms. The third-order valence-corrected chi connectivity index (χ3v) is 3.30. The second kappa shape index (κ2) is 6.97. The Morgan fingerprint density at radius 3 is 2.65 bits per heavy atom. The van der Waals surface area contributed by atoms with Crippen LogP contribution in [0.15, 0.2) is 0 Å². The van der Waals surface area contributed by atoms with Crippen LogP contribution in [0.3, 0.4) is 0 Å². The molecule has 4 nitrogen and oxygen atoms in total. The highest BCUT2D eigenvalue weighted by Gasteiger charge is 2.26. The number of carbonyl (C=O) groups is 1. The fraction of sp³-hybridized carbons (Fsp3) is 0.923. The van der Waals surface area contributed by atoms with Crippen LogP contribution >= 0.6 is 0 Å². The highest BCUT2D eigenvalue weighted by molar-refractivity contribution is 5.77. The first-order chi connectivity index (χ1) is 7.97. The second-order valence-corrected chi connectivity index (χ2v) is 5.83. The number of carbonyl (C=O) groups excluding carboxylic acids is 1. The molecule has 100 valence electrons. The standard InChI is InChI=1S/C13H27N3O/c1-10(2)4-5-15-13(17)9-16(3)8-11-6-12(14)7-11/h10-12H,4-9,14H2,1-3H3,(H,15,17). The lowest BCUT2D eigenvalue weighted by Crippen LogP contribution is -2.44. The van der Waals surface area contributed by atoms with Crippen molar-refractivity contribution in [2.75, 3.05) is 26.7 Å². The summed E-state index contributed by atoms with van der Waals surface area (Å²) in [4.78, 5) is 13.7. The van der Waals surface area contributed by atoms with E-state index in [0.717, 1.165) is 32.4 Å². The number of likely N-dealkylation sites (N-methyl/N-ethyl adjacent to an activating group) is 1. The van der Waals surface area contributed by atoms with Crippen LogP contribution in [0, 0.1) is 11.8 Å². The topological polar surface area (TPSA) is 58.4 Å². The summed E-state index contributed by atoms with van der Waals surface area (Å²) in [6, 6.07) is 0.397. The summed E-state index contributed by atoms with van der Waals surface area (Å²) in [6.07, 6.45) is 3.27. The first-order valence-electron chi connectivity index (χ1n) is 6.68. The summed E-state index contributed by atoms with van der Waals surface area (Å²) < 4.78 is 0. The van der Waals surface area contributed by atoms with Gasteiger partial charge in [0.05, 0.1) is 6.54 Å². The van der Waals surface area contributed by atoms with E-state index in [1.54, 1.807) is 0 Å². The van der Waals surface area contributed by atoms with Gasteiger partial charge in [-0.25, -0.2) is 0 Å². The fourth-order valence-electron chi connectivity index (χ4n) is 2.24. The Morgan fingerprint density at radius 2 is 2.12 bits per heavy atom. The van der Waals surface area contributed by atoms with Gasteiger partial charge in [0.25, 0.3) is 0 Å². The van der Waals surface area contributed by atoms with E-state index >= 15 is 0 Å². The molecule has 1 aliphatic carbocycles. The van der Waals surface area contributed by atoms with Gasteiger partial charge in [-0.15, -0.1) is 0 Å². The zero-order chi connectivity index (χ0) is 12.8. The van der Waals surface area contributed by atoms with E-state index in [1.165, 1.54) is 0 Å². The Balaban J connectivity index is 2.04. The summed E-state index contributed by atoms with van der Waals surface area (Å²) in [5.74, 6) is 1.47. The smallest absolute Gasteiger partial charge is 0.234 e. The number of hydrogen-bond donors (Lipinski definition) is 2. The number of nitrogens with two attached hydrogens (primary N) is 1. The molecule has 1 aliphatic rings. The third kappa shape index (κ3) is 6.03. The normalized spacial score (nSPS) is 23.9. The SMILES string of the molecule is CC(C)CCNC(=O)CN(C)CC1CC(N)C1. The predicted molar refractivity (Wildman–Crippen MR) is 70.7 cm³/mol. The maximum absolute atomic E-state index is 11.6. The van der Waals surface area contributed by atoms with Crippen LogP contribution in [-0.4, -0.2) is 43.5 Å². The van der Waals surface area contributed by atoms with E-state index in [9.17, 15) is 4.79 Å². The lowest BCUT2D eigenvalue weighted by molar-refractivity contribution is -0.122. The van der Waals surface area contributed by atoms with Gasteiger partial charge in [0, 0.05) is 19.1 Å². The lowest BCUT2D eigenvalue weighted by Gasteiger charge is -2.35. The molecule has 3 N–H and O–H groups in total. The van der Waals surface area contributed by atoms with Crippen LogP contribution in [-0.2, 0) is 4.79 Å². The van der Waals surface area contributed by atoms with Crippen molar-refractivity contribution in [3.63, 3.8) is 0 Å². The molecule has 1 rings (SSSR count). The maximum Gasteiger partial charge on any atom is 0.234 e. The van der Waals surface area contributed by atoms with Crippen molar-refractivity contribution in [3.8, 4) is 0 Å². The molecule has 17 heavy (non-hydrogen) atoms. The van der Waals surface area contributed by atoms with Gasteiger partial charge in [-0.05, 0) is 38.1 Å². The molecule has 0 aromatic heterocycles. The molecule has 0 radical (unpaired) electrons. The average Bonchev–Trinajstić information content (AvgIpc) is 2.14. The van der Waals surface area contributed by atoms with E-state index in [-0.39, 0.29) is 5.91 Å². The number of nitrogens with one attached hydrogen (secondary N) is 1. The van der Waals surface area contributed by atoms with E-state index in [1.807, 2.05) is 7.05 Å². The first-order valence-corrected chi connectivity index (χ1v) is 6.68. The van der Waals surface area contributed by atoms with E-state index in [2.05, 4.69) is 24.1 Å². The van der Waals surface area contributed by atoms with Crippen molar-refractivity contribution in [1.29, 1.82) is 0 Å². The number of hydrogen-bond acceptors (Lipinski definition) is 3. The monoisotopic (exact) mass is 241 g/mol. The van der Waals surface area contributed by atoms with Gasteiger partial charge in [-0.3, -0.25) is 9.69 Å². The summed E-state index contributed by atoms with van der Waals surface area (Å²) in [5.41, 5.74) is 5.74. The van der Waals surface area contributed by atoms with Crippen molar-refractivity contribution in [3.05, 3.63) is 0 Å². The van der Waals surface area contributed by atoms with Crippen LogP contribution in [0.2, 0.25) is 0 Å². The van der Waals surface area contributed by atoms with Crippen molar-refractivity contribution < 1.29 is 4.79 Å². The second-order valence-electron chi connectivity index (χ2n) is 5.83. The van der Waals surface area contributed by atoms with Gasteiger partial charge in [0.2, 0.25) is 5.91 Å². The molecular formula is C13H27N3O. The van der Waals surface area contributed by atoms with Gasteiger partial charge in [0.15, 0.2) is 0 Å². The van der Waals surface area contributed by atoms with E-state index in [4.69, 9.17) is 5.73 Å². The van der Waals surface area contributed by atoms with E-state index < -0.39 is 0 Å². The minimum atomic E-state index is 0.136. The van der Waals surface area contributed by atoms with Crippen molar-refractivity contribution in [1.82, 2.24) is 10.2 Å². The summed E-state index contributed by atoms with van der Waals surface area (Å²) in [7, 11) is 2.01. The van der Waals surface area contributed by atoms with E-state index in [0.29, 0.717) is 24.4 Å². The van der Waals surface area contributed by atoms with Gasteiger partial charge in [-0.1, -0.05) is 13.8 Å². The summed E-state index contributed by atoms with van der Waals surface area (Å²) >= 11 is 0. The average molecular weight is 241 g/mol. The molecule has 1 amide bonds. The van der Waals surface area contributed by atoms with Crippen LogP contribution in [0.25, 0.3) is 0 Å². The summed E-state index contributed by atoms with van der Waals surface area (Å²) in [6.45, 7) is 6.62. The Morgan fingerprint density at radius 1 is 1.47 bits per heavy atom. The number of amides is 1. The zero-order valence-electron chi connectivity index (χ0n) is 11.4. The quantitative estimate of drug-likeness (QED) is 0.694. The molecule has 1 saturated carbocycles. The third-order valence-electron chi connectivity index (χ3n) is 3.30. The van der Waals surface area contributed by atoms with Gasteiger partial charge < -0.3 is 11.1 Å². The minimum Gasteiger partial charge on any atom is -0.355 e. The molecule has 0 spiro atoms. The number of nitrogens with zero attached hydrogens (tertiary/aromatic N) is 1. The maximum atomic E-state index is 11.6. The Kier molecular flexibility index (Phi) is 5.92. The summed E-state index contributed by atoms with van der Waals surface area (Å²) in [5, 5.41) is 2.96. The number of rotatable bonds is 7. The van der Waals surface area contributed by atoms with Crippen molar-refractivity contribution in [2.24, 2.45) is 17.6 Å². The van der Waals surface area contributed by atoms with Crippen molar-refractivity contribution >= 4 is 5.91 Å². The fourth-order valence-corrected chi connectivity index (χ4v) is 2.24. The molecule has 0 aromatic carbocycles. The Bertz CT molecular complexity index is 237. The highest BCUT2D eigenvalue weighted by Crippen LogP contribution is 2.25. The van der Waals surface area contributed by atoms with Crippen molar-refractivity contribution in [2.45, 2.75) is 39.2 Å². The molecule has 1 fully saturated rings. The molecule has 0 unspecified atom stereocenters. The van der Waals surface area contributed by atoms with Crippen LogP contribution in [0.4, 0.5) is 0 Å². The predicted octanol–water partition coefficient (Wildman–Crippen LogP) is 0.818. The molecule has 0 heterocycles. The molecule has 0 aromatic rings. The van der Waals surface area contributed by atoms with Crippen LogP contribution in [0.1, 0.15) is 33.1 Å². The minimum absolute atomic E-state index is 0.136. The van der Waals surface area contributed by atoms with Gasteiger partial charge in [0.1, 0.15) is 0 Å². The first kappa shape index (κ1) is 14.5. The van der Waals surface area contributed by atoms with Crippen LogP contribution < -0.4 is 11.1 Å². The highest BCUT2D eigenvalue weighted by atomic mass is 16.2.